The quantitative estimate of drug-likeness (QED) is 0.395. The largest absolute Gasteiger partial charge is 0.497 e. The highest BCUT2D eigenvalue weighted by Crippen LogP contribution is 2.30. The summed E-state index contributed by atoms with van der Waals surface area (Å²) in [6.45, 7) is 4.85. The van der Waals surface area contributed by atoms with Crippen LogP contribution in [0.15, 0.2) is 59.5 Å². The third-order valence-electron chi connectivity index (χ3n) is 7.15. The number of hydrogen-bond acceptors (Lipinski definition) is 8. The Labute approximate surface area is 236 Å². The van der Waals surface area contributed by atoms with Gasteiger partial charge in [-0.2, -0.15) is 4.31 Å². The Morgan fingerprint density at radius 1 is 1.02 bits per heavy atom. The summed E-state index contributed by atoms with van der Waals surface area (Å²) in [7, 11) is -2.42. The van der Waals surface area contributed by atoms with E-state index in [0.717, 1.165) is 5.56 Å². The Morgan fingerprint density at radius 2 is 1.65 bits per heavy atom. The third kappa shape index (κ3) is 7.94. The second-order valence-corrected chi connectivity index (χ2v) is 12.7. The number of ether oxygens (including phenoxy) is 4. The van der Waals surface area contributed by atoms with Crippen LogP contribution in [-0.4, -0.2) is 87.8 Å². The number of aliphatic hydroxyl groups is 1. The number of aliphatic hydroxyl groups excluding tert-OH is 1. The molecule has 220 valence electrons. The van der Waals surface area contributed by atoms with Crippen LogP contribution in [-0.2, 0) is 30.7 Å². The molecule has 2 fully saturated rings. The Hall–Kier alpha value is -2.70. The third-order valence-corrected chi connectivity index (χ3v) is 8.99. The van der Waals surface area contributed by atoms with Gasteiger partial charge in [-0.25, -0.2) is 13.2 Å². The van der Waals surface area contributed by atoms with E-state index in [-0.39, 0.29) is 48.6 Å². The lowest BCUT2D eigenvalue weighted by atomic mass is 10.0. The number of amides is 1. The first-order chi connectivity index (χ1) is 19.2. The van der Waals surface area contributed by atoms with Gasteiger partial charge in [0.1, 0.15) is 11.9 Å². The van der Waals surface area contributed by atoms with Gasteiger partial charge in [0, 0.05) is 25.9 Å². The molecule has 1 aliphatic heterocycles. The van der Waals surface area contributed by atoms with E-state index in [9.17, 15) is 18.3 Å². The molecular weight excluding hydrogens is 536 g/mol. The molecule has 40 heavy (non-hydrogen) atoms. The Kier molecular flexibility index (Phi) is 10.4. The fourth-order valence-corrected chi connectivity index (χ4v) is 6.78. The van der Waals surface area contributed by atoms with E-state index in [2.05, 4.69) is 5.32 Å². The van der Waals surface area contributed by atoms with Crippen LogP contribution in [0.4, 0.5) is 4.79 Å². The van der Waals surface area contributed by atoms with Crippen LogP contribution in [0.3, 0.4) is 0 Å². The lowest BCUT2D eigenvalue weighted by Gasteiger charge is -2.30. The number of sulfonamides is 1. The van der Waals surface area contributed by atoms with Crippen molar-refractivity contribution in [2.24, 2.45) is 5.92 Å². The van der Waals surface area contributed by atoms with Gasteiger partial charge < -0.3 is 29.4 Å². The van der Waals surface area contributed by atoms with Crippen molar-refractivity contribution < 1.29 is 37.3 Å². The van der Waals surface area contributed by atoms with Crippen molar-refractivity contribution in [3.05, 3.63) is 60.2 Å². The molecular formula is C29H40N2O8S. The van der Waals surface area contributed by atoms with E-state index in [4.69, 9.17) is 18.9 Å². The SMILES string of the molecule is COc1ccc(S(=O)(=O)N(CC(C)C)C[C@@H](O)[C@H](Cc2ccccc2)NC(=O)O[C@@H]2C[C@@H]3OCCO[C@@H]3C2)cc1. The minimum atomic E-state index is -3.94. The molecule has 4 rings (SSSR count). The monoisotopic (exact) mass is 576 g/mol. The molecule has 2 aromatic rings. The Balaban J connectivity index is 1.49. The smallest absolute Gasteiger partial charge is 0.407 e. The summed E-state index contributed by atoms with van der Waals surface area (Å²) in [5, 5.41) is 14.2. The molecule has 11 heteroatoms. The average Bonchev–Trinajstić information content (AvgIpc) is 3.34. The number of benzene rings is 2. The van der Waals surface area contributed by atoms with Gasteiger partial charge >= 0.3 is 6.09 Å². The van der Waals surface area contributed by atoms with E-state index in [1.165, 1.54) is 23.5 Å². The second kappa shape index (κ2) is 13.8. The maximum atomic E-state index is 13.6. The van der Waals surface area contributed by atoms with Crippen LogP contribution in [0.5, 0.6) is 5.75 Å². The van der Waals surface area contributed by atoms with Crippen molar-refractivity contribution in [2.45, 2.75) is 68.5 Å². The van der Waals surface area contributed by atoms with Crippen molar-refractivity contribution in [3.8, 4) is 5.75 Å². The predicted molar refractivity (Wildman–Crippen MR) is 149 cm³/mol. The molecule has 0 radical (unpaired) electrons. The first-order valence-corrected chi connectivity index (χ1v) is 15.2. The minimum Gasteiger partial charge on any atom is -0.497 e. The van der Waals surface area contributed by atoms with Gasteiger partial charge in [-0.1, -0.05) is 44.2 Å². The highest BCUT2D eigenvalue weighted by Gasteiger charge is 2.40. The number of nitrogens with one attached hydrogen (secondary N) is 1. The van der Waals surface area contributed by atoms with E-state index >= 15 is 0 Å². The van der Waals surface area contributed by atoms with E-state index in [1.807, 2.05) is 44.2 Å². The van der Waals surface area contributed by atoms with Crippen molar-refractivity contribution in [1.29, 1.82) is 0 Å². The molecule has 2 N–H and O–H groups in total. The Bertz CT molecular complexity index is 1180. The number of carbonyl (C=O) groups excluding carboxylic acids is 1. The fraction of sp³-hybridized carbons (Fsp3) is 0.552. The molecule has 1 saturated heterocycles. The zero-order chi connectivity index (χ0) is 28.7. The van der Waals surface area contributed by atoms with Gasteiger partial charge in [0.2, 0.25) is 10.0 Å². The highest BCUT2D eigenvalue weighted by atomic mass is 32.2. The fourth-order valence-electron chi connectivity index (χ4n) is 5.16. The van der Waals surface area contributed by atoms with E-state index < -0.39 is 28.3 Å². The maximum Gasteiger partial charge on any atom is 0.407 e. The van der Waals surface area contributed by atoms with Crippen LogP contribution in [0.1, 0.15) is 32.3 Å². The first-order valence-electron chi connectivity index (χ1n) is 13.7. The molecule has 2 aliphatic rings. The number of nitrogens with zero attached hydrogens (tertiary/aromatic N) is 1. The van der Waals surface area contributed by atoms with Gasteiger partial charge in [-0.05, 0) is 42.2 Å². The first kappa shape index (κ1) is 30.3. The van der Waals surface area contributed by atoms with Crippen molar-refractivity contribution in [2.75, 3.05) is 33.4 Å². The van der Waals surface area contributed by atoms with Gasteiger partial charge in [0.25, 0.3) is 0 Å². The molecule has 1 amide bonds. The summed E-state index contributed by atoms with van der Waals surface area (Å²) in [5.74, 6) is 0.542. The summed E-state index contributed by atoms with van der Waals surface area (Å²) in [6.07, 6.45) is -1.05. The van der Waals surface area contributed by atoms with Crippen LogP contribution < -0.4 is 10.1 Å². The van der Waals surface area contributed by atoms with Crippen molar-refractivity contribution >= 4 is 16.1 Å². The molecule has 10 nitrogen and oxygen atoms in total. The lowest BCUT2D eigenvalue weighted by molar-refractivity contribution is -0.124. The summed E-state index contributed by atoms with van der Waals surface area (Å²) in [4.78, 5) is 13.1. The highest BCUT2D eigenvalue weighted by molar-refractivity contribution is 7.89. The zero-order valence-electron chi connectivity index (χ0n) is 23.3. The number of rotatable bonds is 12. The maximum absolute atomic E-state index is 13.6. The average molecular weight is 577 g/mol. The summed E-state index contributed by atoms with van der Waals surface area (Å²) in [5.41, 5.74) is 0.883. The predicted octanol–water partition coefficient (Wildman–Crippen LogP) is 2.99. The van der Waals surface area contributed by atoms with Crippen molar-refractivity contribution in [3.63, 3.8) is 0 Å². The number of hydrogen-bond donors (Lipinski definition) is 2. The van der Waals surface area contributed by atoms with Gasteiger partial charge in [0.15, 0.2) is 0 Å². The molecule has 0 spiro atoms. The lowest BCUT2D eigenvalue weighted by Crippen LogP contribution is -2.51. The van der Waals surface area contributed by atoms with Crippen LogP contribution >= 0.6 is 0 Å². The molecule has 5 atom stereocenters. The molecule has 1 saturated carbocycles. The molecule has 1 heterocycles. The summed E-state index contributed by atoms with van der Waals surface area (Å²) in [6, 6.07) is 14.7. The zero-order valence-corrected chi connectivity index (χ0v) is 24.1. The number of methoxy groups -OCH3 is 1. The summed E-state index contributed by atoms with van der Waals surface area (Å²) >= 11 is 0. The summed E-state index contributed by atoms with van der Waals surface area (Å²) < 4.78 is 50.8. The molecule has 0 unspecified atom stereocenters. The topological polar surface area (TPSA) is 124 Å². The van der Waals surface area contributed by atoms with Gasteiger partial charge in [-0.3, -0.25) is 0 Å². The minimum absolute atomic E-state index is 0.000980. The van der Waals surface area contributed by atoms with Crippen LogP contribution in [0.2, 0.25) is 0 Å². The molecule has 2 aromatic carbocycles. The molecule has 1 aliphatic carbocycles. The Morgan fingerprint density at radius 3 is 2.23 bits per heavy atom. The van der Waals surface area contributed by atoms with E-state index in [1.54, 1.807) is 12.1 Å². The van der Waals surface area contributed by atoms with E-state index in [0.29, 0.717) is 31.8 Å². The molecule has 0 bridgehead atoms. The number of fused-ring (bicyclic) bond motifs is 1. The number of carbonyl (C=O) groups is 1. The van der Waals surface area contributed by atoms with Crippen molar-refractivity contribution in [1.82, 2.24) is 9.62 Å². The van der Waals surface area contributed by atoms with Gasteiger partial charge in [0.05, 0.1) is 49.6 Å². The molecule has 0 aromatic heterocycles. The number of alkyl carbamates (subject to hydrolysis) is 1. The second-order valence-electron chi connectivity index (χ2n) is 10.7. The van der Waals surface area contributed by atoms with Crippen LogP contribution in [0, 0.1) is 5.92 Å². The van der Waals surface area contributed by atoms with Gasteiger partial charge in [-0.15, -0.1) is 0 Å². The standard InChI is InChI=1S/C29H40N2O8S/c1-20(2)18-31(40(34,35)24-11-9-22(36-3)10-12-24)19-26(32)25(15-21-7-5-4-6-8-21)30-29(33)39-23-16-27-28(17-23)38-14-13-37-27/h4-12,20,23,25-28,32H,13-19H2,1-3H3,(H,30,33)/t23-,25-,26+,27+,28-/m0/s1. The van der Waals surface area contributed by atoms with Crippen LogP contribution in [0.25, 0.3) is 0 Å². The normalized spacial score (nSPS) is 22.5.